The van der Waals surface area contributed by atoms with E-state index in [0.717, 1.165) is 29.3 Å². The standard InChI is InChI=1S/C32H36Cl2N4O5/c33-22-15-20(16-23(34)18-22)29(40)37-26(30(41)38-13-11-32(12-14-38)9-3-4-10-32)7-8-28(39)36-27(31(42)43)17-21-19-35-25-6-2-1-5-24(21)25/h1-2,5-6,15-16,18-19,26-27,35H,3-4,7-14,17H2,(H,36,39)(H,37,40)(H,42,43)/t26-,27+/m1/s1. The van der Waals surface area contributed by atoms with E-state index in [9.17, 15) is 24.3 Å². The Hall–Kier alpha value is -3.56. The molecule has 1 spiro atoms. The average molecular weight is 628 g/mol. The molecule has 2 aliphatic rings. The Bertz CT molecular complexity index is 1490. The highest BCUT2D eigenvalue weighted by atomic mass is 35.5. The predicted octanol–water partition coefficient (Wildman–Crippen LogP) is 5.35. The van der Waals surface area contributed by atoms with Crippen molar-refractivity contribution in [1.82, 2.24) is 20.5 Å². The second-order valence-corrected chi connectivity index (χ2v) is 12.7. The zero-order valence-corrected chi connectivity index (χ0v) is 25.3. The molecule has 11 heteroatoms. The van der Waals surface area contributed by atoms with Gasteiger partial charge < -0.3 is 25.6 Å². The Labute approximate surface area is 260 Å². The number of likely N-dealkylation sites (tertiary alicyclic amines) is 1. The molecule has 5 rings (SSSR count). The van der Waals surface area contributed by atoms with E-state index in [-0.39, 0.29) is 40.8 Å². The maximum Gasteiger partial charge on any atom is 0.326 e. The first-order valence-corrected chi connectivity index (χ1v) is 15.5. The van der Waals surface area contributed by atoms with Crippen LogP contribution in [0, 0.1) is 5.41 Å². The highest BCUT2D eigenvalue weighted by molar-refractivity contribution is 6.35. The van der Waals surface area contributed by atoms with Crippen molar-refractivity contribution < 1.29 is 24.3 Å². The van der Waals surface area contributed by atoms with Gasteiger partial charge in [-0.15, -0.1) is 0 Å². The van der Waals surface area contributed by atoms with Gasteiger partial charge in [-0.05, 0) is 67.3 Å². The Morgan fingerprint density at radius 3 is 2.28 bits per heavy atom. The van der Waals surface area contributed by atoms with E-state index in [2.05, 4.69) is 15.6 Å². The number of aliphatic carboxylic acids is 1. The van der Waals surface area contributed by atoms with Crippen LogP contribution in [0.5, 0.6) is 0 Å². The topological polar surface area (TPSA) is 132 Å². The van der Waals surface area contributed by atoms with Gasteiger partial charge in [-0.1, -0.05) is 54.2 Å². The van der Waals surface area contributed by atoms with Gasteiger partial charge in [0.2, 0.25) is 11.8 Å². The number of hydrogen-bond donors (Lipinski definition) is 4. The highest BCUT2D eigenvalue weighted by Crippen LogP contribution is 2.46. The number of para-hydroxylation sites is 1. The normalized spacial score (nSPS) is 17.5. The van der Waals surface area contributed by atoms with Crippen LogP contribution in [0.2, 0.25) is 10.0 Å². The number of hydrogen-bond acceptors (Lipinski definition) is 4. The van der Waals surface area contributed by atoms with E-state index in [1.54, 1.807) is 11.1 Å². The lowest BCUT2D eigenvalue weighted by atomic mass is 9.77. The first kappa shape index (κ1) is 30.9. The summed E-state index contributed by atoms with van der Waals surface area (Å²) in [6.45, 7) is 1.21. The summed E-state index contributed by atoms with van der Waals surface area (Å²) >= 11 is 12.2. The minimum atomic E-state index is -1.16. The quantitative estimate of drug-likeness (QED) is 0.241. The van der Waals surface area contributed by atoms with Crippen molar-refractivity contribution in [2.75, 3.05) is 13.1 Å². The van der Waals surface area contributed by atoms with Crippen molar-refractivity contribution in [3.05, 3.63) is 69.8 Å². The number of carboxylic acids is 1. The minimum Gasteiger partial charge on any atom is -0.480 e. The zero-order valence-electron chi connectivity index (χ0n) is 23.8. The molecule has 1 aliphatic heterocycles. The van der Waals surface area contributed by atoms with E-state index in [1.165, 1.54) is 43.9 Å². The van der Waals surface area contributed by atoms with Gasteiger partial charge in [0, 0.05) is 58.6 Å². The van der Waals surface area contributed by atoms with Crippen LogP contribution in [0.3, 0.4) is 0 Å². The van der Waals surface area contributed by atoms with Crippen molar-refractivity contribution in [3.8, 4) is 0 Å². The molecule has 0 radical (unpaired) electrons. The fraction of sp³-hybridized carbons (Fsp3) is 0.438. The Morgan fingerprint density at radius 1 is 0.930 bits per heavy atom. The lowest BCUT2D eigenvalue weighted by Gasteiger charge is -2.40. The molecule has 9 nitrogen and oxygen atoms in total. The largest absolute Gasteiger partial charge is 0.480 e. The molecule has 2 aromatic carbocycles. The molecular weight excluding hydrogens is 591 g/mol. The number of aromatic nitrogens is 1. The molecule has 0 unspecified atom stereocenters. The summed E-state index contributed by atoms with van der Waals surface area (Å²) in [5, 5.41) is 16.7. The third-order valence-corrected chi connectivity index (χ3v) is 9.36. The van der Waals surface area contributed by atoms with Gasteiger partial charge in [0.05, 0.1) is 0 Å². The molecule has 2 atom stereocenters. The SMILES string of the molecule is O=C(CC[C@@H](NC(=O)c1cc(Cl)cc(Cl)c1)C(=O)N1CCC2(CCCC2)CC1)N[C@@H](Cc1c[nH]c2ccccc12)C(=O)O. The van der Waals surface area contributed by atoms with Gasteiger partial charge in [0.15, 0.2) is 0 Å². The summed E-state index contributed by atoms with van der Waals surface area (Å²) in [4.78, 5) is 56.8. The Balaban J connectivity index is 1.25. The molecule has 1 saturated heterocycles. The first-order chi connectivity index (χ1) is 20.6. The maximum atomic E-state index is 13.7. The van der Waals surface area contributed by atoms with Crippen molar-refractivity contribution in [1.29, 1.82) is 0 Å². The molecule has 2 heterocycles. The number of fused-ring (bicyclic) bond motifs is 1. The fourth-order valence-corrected chi connectivity index (χ4v) is 7.02. The molecule has 1 saturated carbocycles. The lowest BCUT2D eigenvalue weighted by molar-refractivity contribution is -0.142. The molecule has 2 fully saturated rings. The second kappa shape index (κ2) is 13.4. The number of carboxylic acid groups (broad SMARTS) is 1. The van der Waals surface area contributed by atoms with Crippen LogP contribution >= 0.6 is 23.2 Å². The minimum absolute atomic E-state index is 0.00573. The molecule has 1 aromatic heterocycles. The number of rotatable bonds is 10. The fourth-order valence-electron chi connectivity index (χ4n) is 6.49. The predicted molar refractivity (Wildman–Crippen MR) is 165 cm³/mol. The van der Waals surface area contributed by atoms with Crippen LogP contribution in [0.25, 0.3) is 10.9 Å². The van der Waals surface area contributed by atoms with Crippen LogP contribution in [-0.4, -0.2) is 63.9 Å². The van der Waals surface area contributed by atoms with E-state index < -0.39 is 29.9 Å². The average Bonchev–Trinajstić information content (AvgIpc) is 3.61. The van der Waals surface area contributed by atoms with Crippen LogP contribution in [0.15, 0.2) is 48.7 Å². The number of amides is 3. The number of aromatic amines is 1. The lowest BCUT2D eigenvalue weighted by Crippen LogP contribution is -2.52. The molecule has 1 aliphatic carbocycles. The highest BCUT2D eigenvalue weighted by Gasteiger charge is 2.39. The van der Waals surface area contributed by atoms with Gasteiger partial charge in [-0.25, -0.2) is 4.79 Å². The van der Waals surface area contributed by atoms with Crippen molar-refractivity contribution >= 4 is 57.8 Å². The summed E-state index contributed by atoms with van der Waals surface area (Å²) < 4.78 is 0. The molecule has 43 heavy (non-hydrogen) atoms. The molecular formula is C32H36Cl2N4O5. The number of nitrogens with zero attached hydrogens (tertiary/aromatic N) is 1. The number of carbonyl (C=O) groups is 4. The van der Waals surface area contributed by atoms with Crippen molar-refractivity contribution in [2.45, 2.75) is 69.9 Å². The molecule has 3 amide bonds. The van der Waals surface area contributed by atoms with Crippen LogP contribution in [0.1, 0.15) is 67.3 Å². The maximum absolute atomic E-state index is 13.7. The number of piperidine rings is 1. The third-order valence-electron chi connectivity index (χ3n) is 8.92. The van der Waals surface area contributed by atoms with E-state index in [0.29, 0.717) is 18.5 Å². The van der Waals surface area contributed by atoms with Gasteiger partial charge >= 0.3 is 5.97 Å². The van der Waals surface area contributed by atoms with Crippen LogP contribution in [-0.2, 0) is 20.8 Å². The monoisotopic (exact) mass is 626 g/mol. The summed E-state index contributed by atoms with van der Waals surface area (Å²) in [6.07, 6.45) is 8.37. The van der Waals surface area contributed by atoms with Gasteiger partial charge in [0.25, 0.3) is 5.91 Å². The Morgan fingerprint density at radius 2 is 1.60 bits per heavy atom. The summed E-state index contributed by atoms with van der Waals surface area (Å²) in [7, 11) is 0. The van der Waals surface area contributed by atoms with Crippen molar-refractivity contribution in [3.63, 3.8) is 0 Å². The zero-order chi connectivity index (χ0) is 30.6. The van der Waals surface area contributed by atoms with Gasteiger partial charge in [0.1, 0.15) is 12.1 Å². The van der Waals surface area contributed by atoms with E-state index in [4.69, 9.17) is 23.2 Å². The van der Waals surface area contributed by atoms with Gasteiger partial charge in [-0.2, -0.15) is 0 Å². The first-order valence-electron chi connectivity index (χ1n) is 14.8. The number of halogens is 2. The summed E-state index contributed by atoms with van der Waals surface area (Å²) in [5.74, 6) is -2.47. The number of nitrogens with one attached hydrogen (secondary N) is 3. The smallest absolute Gasteiger partial charge is 0.326 e. The number of carbonyl (C=O) groups excluding carboxylic acids is 3. The number of H-pyrrole nitrogens is 1. The van der Waals surface area contributed by atoms with Gasteiger partial charge in [-0.3, -0.25) is 14.4 Å². The Kier molecular flexibility index (Phi) is 9.62. The van der Waals surface area contributed by atoms with Crippen LogP contribution < -0.4 is 10.6 Å². The number of benzene rings is 2. The molecule has 4 N–H and O–H groups in total. The third kappa shape index (κ3) is 7.51. The molecule has 0 bridgehead atoms. The second-order valence-electron chi connectivity index (χ2n) is 11.8. The van der Waals surface area contributed by atoms with Crippen molar-refractivity contribution in [2.24, 2.45) is 5.41 Å². The van der Waals surface area contributed by atoms with E-state index >= 15 is 0 Å². The molecule has 3 aromatic rings. The van der Waals surface area contributed by atoms with E-state index in [1.807, 2.05) is 24.3 Å². The summed E-state index contributed by atoms with van der Waals surface area (Å²) in [6, 6.07) is 9.83. The summed E-state index contributed by atoms with van der Waals surface area (Å²) in [5.41, 5.74) is 2.16. The molecule has 228 valence electrons. The van der Waals surface area contributed by atoms with Crippen LogP contribution in [0.4, 0.5) is 0 Å².